The third-order valence-corrected chi connectivity index (χ3v) is 4.59. The molecule has 0 aromatic heterocycles. The van der Waals surface area contributed by atoms with E-state index in [4.69, 9.17) is 4.74 Å². The van der Waals surface area contributed by atoms with Crippen LogP contribution in [-0.2, 0) is 14.3 Å². The summed E-state index contributed by atoms with van der Waals surface area (Å²) in [7, 11) is 0. The van der Waals surface area contributed by atoms with Crippen molar-refractivity contribution in [3.63, 3.8) is 0 Å². The van der Waals surface area contributed by atoms with Crippen molar-refractivity contribution in [3.05, 3.63) is 12.2 Å². The standard InChI is InChI=1S/C18H30O3/c1-4-14(2)13-21-18(20)12-8-11-17(15(3)19)16-9-6-5-7-10-16/h8,12,14,16-17H,4-7,9-11,13H2,1-3H3/b12-8+/t14?,17-/m1/s1. The van der Waals surface area contributed by atoms with Crippen LogP contribution >= 0.6 is 0 Å². The molecule has 2 atom stereocenters. The van der Waals surface area contributed by atoms with Crippen LogP contribution in [0.1, 0.15) is 65.7 Å². The quantitative estimate of drug-likeness (QED) is 0.495. The van der Waals surface area contributed by atoms with E-state index < -0.39 is 0 Å². The van der Waals surface area contributed by atoms with Gasteiger partial charge >= 0.3 is 5.97 Å². The highest BCUT2D eigenvalue weighted by atomic mass is 16.5. The topological polar surface area (TPSA) is 43.4 Å². The van der Waals surface area contributed by atoms with Crippen LogP contribution in [0.25, 0.3) is 0 Å². The minimum atomic E-state index is -0.291. The van der Waals surface area contributed by atoms with Crippen LogP contribution in [0.5, 0.6) is 0 Å². The second-order valence-corrected chi connectivity index (χ2v) is 6.40. The van der Waals surface area contributed by atoms with Crippen molar-refractivity contribution in [2.75, 3.05) is 6.61 Å². The average molecular weight is 294 g/mol. The molecule has 21 heavy (non-hydrogen) atoms. The van der Waals surface area contributed by atoms with Crippen LogP contribution in [-0.4, -0.2) is 18.4 Å². The maximum Gasteiger partial charge on any atom is 0.330 e. The van der Waals surface area contributed by atoms with Gasteiger partial charge < -0.3 is 4.74 Å². The van der Waals surface area contributed by atoms with Gasteiger partial charge in [0, 0.05) is 12.0 Å². The summed E-state index contributed by atoms with van der Waals surface area (Å²) in [6.45, 7) is 6.29. The highest BCUT2D eigenvalue weighted by Crippen LogP contribution is 2.32. The predicted molar refractivity (Wildman–Crippen MR) is 84.9 cm³/mol. The van der Waals surface area contributed by atoms with Crippen LogP contribution in [0.4, 0.5) is 0 Å². The summed E-state index contributed by atoms with van der Waals surface area (Å²) in [6.07, 6.45) is 11.0. The fourth-order valence-electron chi connectivity index (χ4n) is 2.93. The van der Waals surface area contributed by atoms with Gasteiger partial charge in [-0.2, -0.15) is 0 Å². The Hall–Kier alpha value is -1.12. The molecule has 1 rings (SSSR count). The van der Waals surface area contributed by atoms with E-state index in [9.17, 15) is 9.59 Å². The molecule has 0 radical (unpaired) electrons. The number of ketones is 1. The van der Waals surface area contributed by atoms with Crippen molar-refractivity contribution in [1.82, 2.24) is 0 Å². The van der Waals surface area contributed by atoms with Crippen LogP contribution in [0.15, 0.2) is 12.2 Å². The Morgan fingerprint density at radius 2 is 1.90 bits per heavy atom. The van der Waals surface area contributed by atoms with Gasteiger partial charge in [0.25, 0.3) is 0 Å². The number of ether oxygens (including phenoxy) is 1. The number of Topliss-reactive ketones (excluding diaryl/α,β-unsaturated/α-hetero) is 1. The van der Waals surface area contributed by atoms with Gasteiger partial charge in [0.2, 0.25) is 0 Å². The average Bonchev–Trinajstić information content (AvgIpc) is 2.49. The van der Waals surface area contributed by atoms with E-state index in [1.807, 2.05) is 6.08 Å². The summed E-state index contributed by atoms with van der Waals surface area (Å²) in [5, 5.41) is 0. The Kier molecular flexibility index (Phi) is 8.33. The van der Waals surface area contributed by atoms with Crippen LogP contribution < -0.4 is 0 Å². The molecule has 0 N–H and O–H groups in total. The maximum atomic E-state index is 11.8. The fourth-order valence-corrected chi connectivity index (χ4v) is 2.93. The van der Waals surface area contributed by atoms with Gasteiger partial charge in [0.15, 0.2) is 0 Å². The number of carbonyl (C=O) groups is 2. The maximum absolute atomic E-state index is 11.8. The van der Waals surface area contributed by atoms with E-state index in [1.54, 1.807) is 6.92 Å². The highest BCUT2D eigenvalue weighted by molar-refractivity contribution is 5.82. The molecular weight excluding hydrogens is 264 g/mol. The van der Waals surface area contributed by atoms with Crippen LogP contribution in [0, 0.1) is 17.8 Å². The lowest BCUT2D eigenvalue weighted by molar-refractivity contribution is -0.139. The van der Waals surface area contributed by atoms with Gasteiger partial charge in [0.1, 0.15) is 5.78 Å². The molecule has 1 fully saturated rings. The monoisotopic (exact) mass is 294 g/mol. The third kappa shape index (κ3) is 6.92. The third-order valence-electron chi connectivity index (χ3n) is 4.59. The van der Waals surface area contributed by atoms with Crippen molar-refractivity contribution in [2.45, 2.75) is 65.7 Å². The van der Waals surface area contributed by atoms with E-state index >= 15 is 0 Å². The second kappa shape index (κ2) is 9.75. The summed E-state index contributed by atoms with van der Waals surface area (Å²) in [4.78, 5) is 23.4. The molecule has 0 heterocycles. The second-order valence-electron chi connectivity index (χ2n) is 6.40. The van der Waals surface area contributed by atoms with Gasteiger partial charge in [-0.15, -0.1) is 0 Å². The Bertz CT molecular complexity index is 353. The number of hydrogen-bond acceptors (Lipinski definition) is 3. The normalized spacial score (nSPS) is 19.4. The van der Waals surface area contributed by atoms with E-state index in [2.05, 4.69) is 13.8 Å². The molecule has 1 saturated carbocycles. The number of rotatable bonds is 8. The Morgan fingerprint density at radius 3 is 2.48 bits per heavy atom. The number of hydrogen-bond donors (Lipinski definition) is 0. The van der Waals surface area contributed by atoms with Crippen LogP contribution in [0.2, 0.25) is 0 Å². The number of carbonyl (C=O) groups excluding carboxylic acids is 2. The molecule has 3 nitrogen and oxygen atoms in total. The van der Waals surface area contributed by atoms with Crippen LogP contribution in [0.3, 0.4) is 0 Å². The summed E-state index contributed by atoms with van der Waals surface area (Å²) < 4.78 is 5.17. The van der Waals surface area contributed by atoms with Gasteiger partial charge in [0.05, 0.1) is 6.61 Å². The summed E-state index contributed by atoms with van der Waals surface area (Å²) in [6, 6.07) is 0. The van der Waals surface area contributed by atoms with Crippen molar-refractivity contribution >= 4 is 11.8 Å². The number of esters is 1. The Balaban J connectivity index is 2.39. The lowest BCUT2D eigenvalue weighted by atomic mass is 9.77. The summed E-state index contributed by atoms with van der Waals surface area (Å²) >= 11 is 0. The first-order valence-corrected chi connectivity index (χ1v) is 8.38. The molecule has 1 aliphatic rings. The molecule has 0 saturated heterocycles. The van der Waals surface area contributed by atoms with Gasteiger partial charge in [-0.1, -0.05) is 45.6 Å². The molecule has 0 amide bonds. The van der Waals surface area contributed by atoms with Gasteiger partial charge in [-0.25, -0.2) is 4.79 Å². The van der Waals surface area contributed by atoms with Crippen molar-refractivity contribution in [1.29, 1.82) is 0 Å². The Morgan fingerprint density at radius 1 is 1.24 bits per heavy atom. The summed E-state index contributed by atoms with van der Waals surface area (Å²) in [5.74, 6) is 0.927. The Labute approximate surface area is 129 Å². The lowest BCUT2D eigenvalue weighted by Crippen LogP contribution is -2.23. The summed E-state index contributed by atoms with van der Waals surface area (Å²) in [5.41, 5.74) is 0. The minimum Gasteiger partial charge on any atom is -0.462 e. The molecule has 0 spiro atoms. The molecule has 0 aromatic carbocycles. The molecule has 0 aromatic rings. The predicted octanol–water partition coefficient (Wildman–Crippen LogP) is 4.31. The number of allylic oxidation sites excluding steroid dienone is 1. The molecule has 120 valence electrons. The van der Waals surface area contributed by atoms with Crippen molar-refractivity contribution in [3.8, 4) is 0 Å². The van der Waals surface area contributed by atoms with E-state index in [0.29, 0.717) is 24.9 Å². The fraction of sp³-hybridized carbons (Fsp3) is 0.778. The zero-order chi connectivity index (χ0) is 15.7. The molecule has 1 aliphatic carbocycles. The van der Waals surface area contributed by atoms with E-state index in [1.165, 1.54) is 25.3 Å². The smallest absolute Gasteiger partial charge is 0.330 e. The highest BCUT2D eigenvalue weighted by Gasteiger charge is 2.25. The minimum absolute atomic E-state index is 0.0731. The van der Waals surface area contributed by atoms with Crippen molar-refractivity contribution in [2.24, 2.45) is 17.8 Å². The molecule has 3 heteroatoms. The van der Waals surface area contributed by atoms with E-state index in [-0.39, 0.29) is 17.7 Å². The first-order valence-electron chi connectivity index (χ1n) is 8.38. The first kappa shape index (κ1) is 17.9. The van der Waals surface area contributed by atoms with Crippen molar-refractivity contribution < 1.29 is 14.3 Å². The van der Waals surface area contributed by atoms with Gasteiger partial charge in [-0.05, 0) is 38.0 Å². The zero-order valence-corrected chi connectivity index (χ0v) is 13.8. The van der Waals surface area contributed by atoms with E-state index in [0.717, 1.165) is 19.3 Å². The van der Waals surface area contributed by atoms with Gasteiger partial charge in [-0.3, -0.25) is 4.79 Å². The molecular formula is C18H30O3. The SMILES string of the molecule is CCC(C)COC(=O)/C=C/C[C@H](C(C)=O)C1CCCCC1. The molecule has 0 bridgehead atoms. The lowest BCUT2D eigenvalue weighted by Gasteiger charge is -2.27. The largest absolute Gasteiger partial charge is 0.462 e. The molecule has 1 unspecified atom stereocenters. The zero-order valence-electron chi connectivity index (χ0n) is 13.8. The first-order chi connectivity index (χ1) is 10.0. The molecule has 0 aliphatic heterocycles.